The smallest absolute Gasteiger partial charge is 0.162 e. The van der Waals surface area contributed by atoms with Crippen molar-refractivity contribution in [1.82, 2.24) is 0 Å². The van der Waals surface area contributed by atoms with Gasteiger partial charge in [0.15, 0.2) is 11.6 Å². The van der Waals surface area contributed by atoms with Gasteiger partial charge in [-0.1, -0.05) is 12.1 Å². The third-order valence-electron chi connectivity index (χ3n) is 1.57. The summed E-state index contributed by atoms with van der Waals surface area (Å²) < 4.78 is 25.5. The molecule has 1 aromatic rings. The molecule has 1 aromatic carbocycles. The first kappa shape index (κ1) is 9.13. The van der Waals surface area contributed by atoms with Crippen LogP contribution in [0, 0.1) is 11.6 Å². The minimum Gasteiger partial charge on any atom is -0.328 e. The molecule has 66 valence electrons. The van der Waals surface area contributed by atoms with Crippen LogP contribution in [0.25, 0.3) is 0 Å². The first-order valence-corrected chi connectivity index (χ1v) is 3.79. The van der Waals surface area contributed by atoms with E-state index in [1.165, 1.54) is 6.07 Å². The Morgan fingerprint density at radius 2 is 2.08 bits per heavy atom. The highest BCUT2D eigenvalue weighted by Gasteiger charge is 2.08. The highest BCUT2D eigenvalue weighted by Crippen LogP contribution is 2.12. The highest BCUT2D eigenvalue weighted by molar-refractivity contribution is 5.19. The molecule has 0 aliphatic heterocycles. The molecule has 0 bridgehead atoms. The van der Waals surface area contributed by atoms with E-state index in [-0.39, 0.29) is 6.04 Å². The molecule has 0 radical (unpaired) electrons. The molecule has 0 saturated carbocycles. The monoisotopic (exact) mass is 171 g/mol. The lowest BCUT2D eigenvalue weighted by molar-refractivity contribution is 0.495. The van der Waals surface area contributed by atoms with E-state index in [1.807, 2.05) is 0 Å². The fraction of sp³-hybridized carbons (Fsp3) is 0.333. The molecule has 0 aliphatic carbocycles. The van der Waals surface area contributed by atoms with Crippen LogP contribution < -0.4 is 5.73 Å². The molecule has 1 atom stereocenters. The van der Waals surface area contributed by atoms with Crippen LogP contribution in [0.4, 0.5) is 8.78 Å². The first-order chi connectivity index (χ1) is 5.61. The molecule has 1 nitrogen and oxygen atoms in total. The maximum atomic E-state index is 12.9. The van der Waals surface area contributed by atoms with Crippen molar-refractivity contribution in [2.75, 3.05) is 0 Å². The van der Waals surface area contributed by atoms with Gasteiger partial charge in [0.1, 0.15) is 0 Å². The van der Waals surface area contributed by atoms with Crippen molar-refractivity contribution in [3.63, 3.8) is 0 Å². The van der Waals surface area contributed by atoms with E-state index in [0.717, 1.165) is 6.07 Å². The molecule has 0 aromatic heterocycles. The second-order valence-electron chi connectivity index (χ2n) is 2.89. The average Bonchev–Trinajstić information content (AvgIpc) is 1.98. The van der Waals surface area contributed by atoms with E-state index >= 15 is 0 Å². The summed E-state index contributed by atoms with van der Waals surface area (Å²) in [5.41, 5.74) is 5.79. The van der Waals surface area contributed by atoms with Crippen LogP contribution in [0.15, 0.2) is 18.2 Å². The van der Waals surface area contributed by atoms with Gasteiger partial charge in [0.25, 0.3) is 0 Å². The third-order valence-corrected chi connectivity index (χ3v) is 1.57. The Kier molecular flexibility index (Phi) is 2.76. The number of rotatable bonds is 2. The fourth-order valence-electron chi connectivity index (χ4n) is 1.05. The molecule has 0 aliphatic rings. The first-order valence-electron chi connectivity index (χ1n) is 3.79. The standard InChI is InChI=1S/C9H11F2N/c1-6(12)5-7-3-2-4-8(10)9(7)11/h2-4,6H,5,12H2,1H3/t6-/m1/s1. The van der Waals surface area contributed by atoms with Crippen LogP contribution in [-0.4, -0.2) is 6.04 Å². The number of nitrogens with two attached hydrogens (primary N) is 1. The zero-order valence-electron chi connectivity index (χ0n) is 6.85. The molecule has 0 spiro atoms. The minimum absolute atomic E-state index is 0.152. The maximum absolute atomic E-state index is 12.9. The van der Waals surface area contributed by atoms with E-state index < -0.39 is 11.6 Å². The van der Waals surface area contributed by atoms with Crippen molar-refractivity contribution >= 4 is 0 Å². The Morgan fingerprint density at radius 3 is 2.67 bits per heavy atom. The maximum Gasteiger partial charge on any atom is 0.162 e. The van der Waals surface area contributed by atoms with Gasteiger partial charge in [0.2, 0.25) is 0 Å². The molecule has 0 fully saturated rings. The largest absolute Gasteiger partial charge is 0.328 e. The molecule has 1 rings (SSSR count). The summed E-state index contributed by atoms with van der Waals surface area (Å²) in [4.78, 5) is 0. The molecule has 12 heavy (non-hydrogen) atoms. The van der Waals surface area contributed by atoms with E-state index in [2.05, 4.69) is 0 Å². The van der Waals surface area contributed by atoms with Crippen LogP contribution in [0.3, 0.4) is 0 Å². The Hall–Kier alpha value is -0.960. The Bertz CT molecular complexity index is 271. The Morgan fingerprint density at radius 1 is 1.42 bits per heavy atom. The van der Waals surface area contributed by atoms with E-state index in [4.69, 9.17) is 5.73 Å². The van der Waals surface area contributed by atoms with Crippen LogP contribution >= 0.6 is 0 Å². The molecular formula is C9H11F2N. The van der Waals surface area contributed by atoms with Gasteiger partial charge in [0.05, 0.1) is 0 Å². The highest BCUT2D eigenvalue weighted by atomic mass is 19.2. The summed E-state index contributed by atoms with van der Waals surface area (Å²) in [5, 5.41) is 0. The van der Waals surface area contributed by atoms with Gasteiger partial charge >= 0.3 is 0 Å². The predicted molar refractivity (Wildman–Crippen MR) is 43.7 cm³/mol. The quantitative estimate of drug-likeness (QED) is 0.722. The van der Waals surface area contributed by atoms with Crippen molar-refractivity contribution in [3.05, 3.63) is 35.4 Å². The summed E-state index contributed by atoms with van der Waals surface area (Å²) in [6, 6.07) is 3.97. The number of halogens is 2. The van der Waals surface area contributed by atoms with Crippen molar-refractivity contribution < 1.29 is 8.78 Å². The molecule has 0 heterocycles. The lowest BCUT2D eigenvalue weighted by Gasteiger charge is -2.05. The lowest BCUT2D eigenvalue weighted by Crippen LogP contribution is -2.18. The number of hydrogen-bond donors (Lipinski definition) is 1. The van der Waals surface area contributed by atoms with Crippen molar-refractivity contribution in [3.8, 4) is 0 Å². The average molecular weight is 171 g/mol. The zero-order valence-corrected chi connectivity index (χ0v) is 6.85. The van der Waals surface area contributed by atoms with Crippen LogP contribution in [0.1, 0.15) is 12.5 Å². The van der Waals surface area contributed by atoms with Gasteiger partial charge in [-0.3, -0.25) is 0 Å². The summed E-state index contributed by atoms with van der Waals surface area (Å²) in [6.45, 7) is 1.75. The van der Waals surface area contributed by atoms with Crippen molar-refractivity contribution in [1.29, 1.82) is 0 Å². The summed E-state index contributed by atoms with van der Waals surface area (Å²) in [7, 11) is 0. The minimum atomic E-state index is -0.812. The molecule has 2 N–H and O–H groups in total. The van der Waals surface area contributed by atoms with Gasteiger partial charge in [-0.05, 0) is 25.0 Å². The van der Waals surface area contributed by atoms with E-state index in [1.54, 1.807) is 13.0 Å². The topological polar surface area (TPSA) is 26.0 Å². The van der Waals surface area contributed by atoms with Crippen LogP contribution in [-0.2, 0) is 6.42 Å². The summed E-state index contributed by atoms with van der Waals surface area (Å²) in [5.74, 6) is -1.59. The van der Waals surface area contributed by atoms with E-state index in [0.29, 0.717) is 12.0 Å². The van der Waals surface area contributed by atoms with Gasteiger partial charge in [-0.25, -0.2) is 8.78 Å². The van der Waals surface area contributed by atoms with Gasteiger partial charge in [-0.2, -0.15) is 0 Å². The molecule has 0 saturated heterocycles. The molecular weight excluding hydrogens is 160 g/mol. The number of benzene rings is 1. The molecule has 3 heteroatoms. The second kappa shape index (κ2) is 3.63. The van der Waals surface area contributed by atoms with E-state index in [9.17, 15) is 8.78 Å². The van der Waals surface area contributed by atoms with Crippen molar-refractivity contribution in [2.24, 2.45) is 5.73 Å². The number of hydrogen-bond acceptors (Lipinski definition) is 1. The molecule has 0 amide bonds. The van der Waals surface area contributed by atoms with Crippen LogP contribution in [0.2, 0.25) is 0 Å². The molecule has 0 unspecified atom stereocenters. The van der Waals surface area contributed by atoms with Gasteiger partial charge in [-0.15, -0.1) is 0 Å². The summed E-state index contributed by atoms with van der Waals surface area (Å²) >= 11 is 0. The van der Waals surface area contributed by atoms with Gasteiger partial charge in [0, 0.05) is 6.04 Å². The summed E-state index contributed by atoms with van der Waals surface area (Å²) in [6.07, 6.45) is 0.365. The Labute approximate surface area is 70.2 Å². The zero-order chi connectivity index (χ0) is 9.14. The normalized spacial score (nSPS) is 13.0. The lowest BCUT2D eigenvalue weighted by atomic mass is 10.1. The Balaban J connectivity index is 2.92. The second-order valence-corrected chi connectivity index (χ2v) is 2.89. The SMILES string of the molecule is C[C@@H](N)Cc1cccc(F)c1F. The predicted octanol–water partition coefficient (Wildman–Crippen LogP) is 1.85. The fourth-order valence-corrected chi connectivity index (χ4v) is 1.05. The van der Waals surface area contributed by atoms with Gasteiger partial charge < -0.3 is 5.73 Å². The van der Waals surface area contributed by atoms with Crippen molar-refractivity contribution in [2.45, 2.75) is 19.4 Å². The third kappa shape index (κ3) is 2.01. The van der Waals surface area contributed by atoms with Crippen LogP contribution in [0.5, 0.6) is 0 Å².